The second-order valence-electron chi connectivity index (χ2n) is 5.21. The van der Waals surface area contributed by atoms with Crippen molar-refractivity contribution in [1.82, 2.24) is 0 Å². The second-order valence-corrected chi connectivity index (χ2v) is 7.15. The predicted octanol–water partition coefficient (Wildman–Crippen LogP) is 4.95. The summed E-state index contributed by atoms with van der Waals surface area (Å²) in [6.07, 6.45) is -0.245. The third kappa shape index (κ3) is 3.97. The summed E-state index contributed by atoms with van der Waals surface area (Å²) in [7, 11) is -1.11. The molecule has 0 fully saturated rings. The number of carbonyl (C=O) groups excluding carboxylic acids is 1. The van der Waals surface area contributed by atoms with E-state index < -0.39 is 27.9 Å². The molecule has 0 saturated heterocycles. The SMILES string of the molecule is O=C(Nc1ccc(Cl)cc1)C(F)c1ccc2c(c1)C=CS(C(=O)O)=[C]2. The third-order valence-electron chi connectivity index (χ3n) is 3.50. The van der Waals surface area contributed by atoms with Crippen molar-refractivity contribution in [3.8, 4) is 0 Å². The Bertz CT molecular complexity index is 909. The minimum atomic E-state index is -1.85. The van der Waals surface area contributed by atoms with Crippen LogP contribution in [0.4, 0.5) is 14.9 Å². The zero-order valence-electron chi connectivity index (χ0n) is 12.7. The number of halogens is 2. The fourth-order valence-electron chi connectivity index (χ4n) is 2.26. The summed E-state index contributed by atoms with van der Waals surface area (Å²) < 4.78 is 14.5. The Labute approximate surface area is 150 Å². The largest absolute Gasteiger partial charge is 0.473 e. The smallest absolute Gasteiger partial charge is 0.363 e. The van der Waals surface area contributed by atoms with Gasteiger partial charge in [0, 0.05) is 16.1 Å². The fourth-order valence-corrected chi connectivity index (χ4v) is 3.36. The minimum absolute atomic E-state index is 0.189. The van der Waals surface area contributed by atoms with Crippen LogP contribution in [0.15, 0.2) is 47.9 Å². The van der Waals surface area contributed by atoms with Gasteiger partial charge in [-0.3, -0.25) is 4.79 Å². The normalized spacial score (nSPS) is 16.5. The van der Waals surface area contributed by atoms with Gasteiger partial charge in [-0.25, -0.2) is 9.18 Å². The van der Waals surface area contributed by atoms with E-state index in [1.165, 1.54) is 17.5 Å². The lowest BCUT2D eigenvalue weighted by atomic mass is 10.0. The van der Waals surface area contributed by atoms with Crippen LogP contribution in [0.2, 0.25) is 5.02 Å². The molecule has 0 spiro atoms. The average molecular weight is 377 g/mol. The summed E-state index contributed by atoms with van der Waals surface area (Å²) in [6, 6.07) is 10.9. The lowest BCUT2D eigenvalue weighted by molar-refractivity contribution is -0.121. The monoisotopic (exact) mass is 376 g/mol. The van der Waals surface area contributed by atoms with Gasteiger partial charge in [-0.05, 0) is 69.0 Å². The molecule has 2 unspecified atom stereocenters. The number of hydrogen-bond acceptors (Lipinski definition) is 2. The summed E-state index contributed by atoms with van der Waals surface area (Å²) in [5, 5.41) is 15.4. The zero-order chi connectivity index (χ0) is 18.0. The summed E-state index contributed by atoms with van der Waals surface area (Å²) >= 11 is 5.77. The molecular formula is C18H12ClFNO3S. The number of amides is 1. The van der Waals surface area contributed by atoms with Crippen molar-refractivity contribution < 1.29 is 19.1 Å². The topological polar surface area (TPSA) is 66.4 Å². The molecule has 0 saturated carbocycles. The standard InChI is InChI=1S/C18H12ClFNO3S/c19-14-3-5-15(6-4-14)21-17(22)16(20)12-1-2-13-10-25(18(23)24)8-7-11(13)9-12/h1-9,16H,(H,21,22)(H,23,24). The van der Waals surface area contributed by atoms with Crippen molar-refractivity contribution >= 4 is 50.4 Å². The van der Waals surface area contributed by atoms with Crippen LogP contribution in [0.5, 0.6) is 0 Å². The number of carboxylic acid groups (broad SMARTS) is 1. The Morgan fingerprint density at radius 3 is 2.60 bits per heavy atom. The number of carbonyl (C=O) groups is 2. The number of alkyl halides is 1. The van der Waals surface area contributed by atoms with Crippen molar-refractivity contribution in [3.63, 3.8) is 0 Å². The van der Waals surface area contributed by atoms with E-state index in [4.69, 9.17) is 16.7 Å². The van der Waals surface area contributed by atoms with Gasteiger partial charge in [-0.1, -0.05) is 23.7 Å². The number of hydrogen-bond donors (Lipinski definition) is 2. The molecular weight excluding hydrogens is 365 g/mol. The molecule has 0 bridgehead atoms. The summed E-state index contributed by atoms with van der Waals surface area (Å²) in [5.41, 5.74) is 1.85. The van der Waals surface area contributed by atoms with E-state index in [1.807, 2.05) is 0 Å². The van der Waals surface area contributed by atoms with Crippen LogP contribution in [0.3, 0.4) is 0 Å². The molecule has 4 nitrogen and oxygen atoms in total. The van der Waals surface area contributed by atoms with E-state index in [1.54, 1.807) is 36.4 Å². The first kappa shape index (κ1) is 17.4. The minimum Gasteiger partial charge on any atom is -0.473 e. The van der Waals surface area contributed by atoms with Crippen LogP contribution in [-0.2, 0) is 4.79 Å². The Kier molecular flexibility index (Phi) is 5.01. The molecule has 1 heterocycles. The van der Waals surface area contributed by atoms with E-state index >= 15 is 0 Å². The maximum atomic E-state index is 14.5. The molecule has 3 rings (SSSR count). The summed E-state index contributed by atoms with van der Waals surface area (Å²) in [4.78, 5) is 23.1. The summed E-state index contributed by atoms with van der Waals surface area (Å²) in [5.74, 6) is -0.791. The second kappa shape index (κ2) is 7.21. The molecule has 1 aliphatic heterocycles. The molecule has 7 heteroatoms. The van der Waals surface area contributed by atoms with Gasteiger partial charge in [-0.15, -0.1) is 0 Å². The van der Waals surface area contributed by atoms with Crippen LogP contribution in [0, 0.1) is 0 Å². The molecule has 1 radical (unpaired) electrons. The average Bonchev–Trinajstić information content (AvgIpc) is 2.62. The van der Waals surface area contributed by atoms with Crippen molar-refractivity contribution in [2.24, 2.45) is 0 Å². The van der Waals surface area contributed by atoms with Crippen LogP contribution in [-0.4, -0.2) is 21.7 Å². The van der Waals surface area contributed by atoms with Crippen molar-refractivity contribution in [2.75, 3.05) is 5.32 Å². The number of fused-ring (bicyclic) bond motifs is 1. The first-order valence-corrected chi connectivity index (χ1v) is 8.86. The number of rotatable bonds is 3. The Balaban J connectivity index is 1.78. The van der Waals surface area contributed by atoms with Crippen molar-refractivity contribution in [3.05, 3.63) is 69.6 Å². The van der Waals surface area contributed by atoms with E-state index in [-0.39, 0.29) is 5.56 Å². The summed E-state index contributed by atoms with van der Waals surface area (Å²) in [6.45, 7) is 0. The highest BCUT2D eigenvalue weighted by Gasteiger charge is 2.21. The zero-order valence-corrected chi connectivity index (χ0v) is 14.3. The maximum absolute atomic E-state index is 14.5. The highest BCUT2D eigenvalue weighted by molar-refractivity contribution is 8.29. The fraction of sp³-hybridized carbons (Fsp3) is 0.0556. The Hall–Kier alpha value is -2.44. The van der Waals surface area contributed by atoms with Gasteiger partial charge in [0.15, 0.2) is 0 Å². The highest BCUT2D eigenvalue weighted by Crippen LogP contribution is 2.29. The van der Waals surface area contributed by atoms with Gasteiger partial charge in [0.05, 0.1) is 0 Å². The first-order valence-electron chi connectivity index (χ1n) is 7.19. The number of nitrogens with one attached hydrogen (secondary N) is 1. The lowest BCUT2D eigenvalue weighted by Crippen LogP contribution is -2.18. The highest BCUT2D eigenvalue weighted by atomic mass is 35.5. The molecule has 25 heavy (non-hydrogen) atoms. The predicted molar refractivity (Wildman–Crippen MR) is 99.1 cm³/mol. The van der Waals surface area contributed by atoms with Gasteiger partial charge in [-0.2, -0.15) is 0 Å². The Morgan fingerprint density at radius 2 is 1.92 bits per heavy atom. The maximum Gasteiger partial charge on any atom is 0.363 e. The molecule has 2 atom stereocenters. The first-order chi connectivity index (χ1) is 11.9. The number of anilines is 1. The van der Waals surface area contributed by atoms with E-state index in [0.29, 0.717) is 21.8 Å². The molecule has 127 valence electrons. The van der Waals surface area contributed by atoms with Gasteiger partial charge in [0.25, 0.3) is 5.91 Å². The molecule has 0 aliphatic carbocycles. The van der Waals surface area contributed by atoms with Gasteiger partial charge in [0.2, 0.25) is 6.17 Å². The molecule has 2 aromatic rings. The van der Waals surface area contributed by atoms with Crippen molar-refractivity contribution in [1.29, 1.82) is 0 Å². The molecule has 2 N–H and O–H groups in total. The van der Waals surface area contributed by atoms with Crippen LogP contribution < -0.4 is 5.32 Å². The molecule has 2 aromatic carbocycles. The van der Waals surface area contributed by atoms with Gasteiger partial charge < -0.3 is 10.4 Å². The van der Waals surface area contributed by atoms with E-state index in [0.717, 1.165) is 0 Å². The van der Waals surface area contributed by atoms with Crippen molar-refractivity contribution in [2.45, 2.75) is 6.17 Å². The van der Waals surface area contributed by atoms with E-state index in [2.05, 4.69) is 10.7 Å². The quantitative estimate of drug-likeness (QED) is 0.745. The van der Waals surface area contributed by atoms with Crippen LogP contribution >= 0.6 is 22.1 Å². The van der Waals surface area contributed by atoms with E-state index in [9.17, 15) is 14.0 Å². The van der Waals surface area contributed by atoms with Gasteiger partial charge in [0.1, 0.15) is 0 Å². The van der Waals surface area contributed by atoms with Crippen LogP contribution in [0.25, 0.3) is 6.08 Å². The number of benzene rings is 2. The molecule has 0 aromatic heterocycles. The molecule has 1 amide bonds. The lowest BCUT2D eigenvalue weighted by Gasteiger charge is -2.13. The van der Waals surface area contributed by atoms with Crippen LogP contribution in [0.1, 0.15) is 22.9 Å². The molecule has 1 aliphatic rings. The van der Waals surface area contributed by atoms with Gasteiger partial charge >= 0.3 is 5.30 Å². The third-order valence-corrected chi connectivity index (χ3v) is 4.98. The Morgan fingerprint density at radius 1 is 1.20 bits per heavy atom.